The first-order valence-corrected chi connectivity index (χ1v) is 7.12. The summed E-state index contributed by atoms with van der Waals surface area (Å²) in [5.41, 5.74) is 3.65. The molecule has 0 aliphatic heterocycles. The molecule has 0 fully saturated rings. The summed E-state index contributed by atoms with van der Waals surface area (Å²) in [5.74, 6) is 1.81. The second kappa shape index (κ2) is 7.14. The van der Waals surface area contributed by atoms with E-state index in [0.29, 0.717) is 0 Å². The van der Waals surface area contributed by atoms with Gasteiger partial charge < -0.3 is 14.8 Å². The lowest BCUT2D eigenvalue weighted by molar-refractivity contribution is 0.400. The van der Waals surface area contributed by atoms with Gasteiger partial charge in [-0.3, -0.25) is 0 Å². The Hall–Kier alpha value is -2.00. The van der Waals surface area contributed by atoms with Gasteiger partial charge in [-0.1, -0.05) is 29.8 Å². The van der Waals surface area contributed by atoms with Crippen LogP contribution in [-0.4, -0.2) is 21.3 Å². The first-order chi connectivity index (χ1) is 10.2. The van der Waals surface area contributed by atoms with Crippen molar-refractivity contribution >= 4 is 0 Å². The standard InChI is InChI=1S/C18H23NO2/c1-13-8-9-18(21-4)16(10-13)17(19-2)12-14-6-5-7-15(11-14)20-3/h5-11,17,19H,12H2,1-4H3. The molecule has 0 amide bonds. The van der Waals surface area contributed by atoms with Crippen molar-refractivity contribution in [2.45, 2.75) is 19.4 Å². The van der Waals surface area contributed by atoms with Crippen LogP contribution in [0.15, 0.2) is 42.5 Å². The number of likely N-dealkylation sites (N-methyl/N-ethyl adjacent to an activating group) is 1. The fourth-order valence-corrected chi connectivity index (χ4v) is 2.53. The van der Waals surface area contributed by atoms with Crippen molar-refractivity contribution in [2.24, 2.45) is 0 Å². The molecule has 0 spiro atoms. The summed E-state index contributed by atoms with van der Waals surface area (Å²) in [6.45, 7) is 2.10. The zero-order chi connectivity index (χ0) is 15.2. The second-order valence-corrected chi connectivity index (χ2v) is 5.14. The zero-order valence-electron chi connectivity index (χ0n) is 13.1. The monoisotopic (exact) mass is 285 g/mol. The summed E-state index contributed by atoms with van der Waals surface area (Å²) in [4.78, 5) is 0. The highest BCUT2D eigenvalue weighted by atomic mass is 16.5. The van der Waals surface area contributed by atoms with Crippen LogP contribution in [0.2, 0.25) is 0 Å². The molecule has 0 aromatic heterocycles. The first kappa shape index (κ1) is 15.4. The van der Waals surface area contributed by atoms with Crippen LogP contribution in [0.4, 0.5) is 0 Å². The molecule has 21 heavy (non-hydrogen) atoms. The van der Waals surface area contributed by atoms with Gasteiger partial charge in [-0.05, 0) is 44.2 Å². The molecule has 0 bridgehead atoms. The molecule has 1 unspecified atom stereocenters. The fraction of sp³-hybridized carbons (Fsp3) is 0.333. The maximum atomic E-state index is 5.50. The van der Waals surface area contributed by atoms with Gasteiger partial charge >= 0.3 is 0 Å². The molecule has 0 saturated heterocycles. The highest BCUT2D eigenvalue weighted by Gasteiger charge is 2.15. The number of aryl methyl sites for hydroxylation is 1. The Bertz CT molecular complexity index is 596. The fourth-order valence-electron chi connectivity index (χ4n) is 2.53. The van der Waals surface area contributed by atoms with Gasteiger partial charge in [0.2, 0.25) is 0 Å². The Labute approximate surface area is 126 Å². The van der Waals surface area contributed by atoms with Crippen LogP contribution in [0.5, 0.6) is 11.5 Å². The minimum atomic E-state index is 0.201. The van der Waals surface area contributed by atoms with Gasteiger partial charge in [0.05, 0.1) is 14.2 Å². The molecule has 2 rings (SSSR count). The van der Waals surface area contributed by atoms with Crippen LogP contribution in [-0.2, 0) is 6.42 Å². The highest BCUT2D eigenvalue weighted by Crippen LogP contribution is 2.29. The number of methoxy groups -OCH3 is 2. The largest absolute Gasteiger partial charge is 0.497 e. The number of nitrogens with one attached hydrogen (secondary N) is 1. The number of benzene rings is 2. The Balaban J connectivity index is 2.29. The van der Waals surface area contributed by atoms with E-state index in [9.17, 15) is 0 Å². The molecule has 2 aromatic rings. The maximum Gasteiger partial charge on any atom is 0.123 e. The second-order valence-electron chi connectivity index (χ2n) is 5.14. The molecular weight excluding hydrogens is 262 g/mol. The Morgan fingerprint density at radius 2 is 1.86 bits per heavy atom. The molecule has 0 aliphatic rings. The first-order valence-electron chi connectivity index (χ1n) is 7.12. The van der Waals surface area contributed by atoms with Crippen LogP contribution in [0.25, 0.3) is 0 Å². The summed E-state index contributed by atoms with van der Waals surface area (Å²) < 4.78 is 10.8. The smallest absolute Gasteiger partial charge is 0.123 e. The van der Waals surface area contributed by atoms with E-state index >= 15 is 0 Å². The lowest BCUT2D eigenvalue weighted by atomic mass is 9.96. The third-order valence-corrected chi connectivity index (χ3v) is 3.68. The normalized spacial score (nSPS) is 12.0. The number of hydrogen-bond donors (Lipinski definition) is 1. The van der Waals surface area contributed by atoms with Crippen molar-refractivity contribution in [2.75, 3.05) is 21.3 Å². The third-order valence-electron chi connectivity index (χ3n) is 3.68. The van der Waals surface area contributed by atoms with Crippen molar-refractivity contribution < 1.29 is 9.47 Å². The van der Waals surface area contributed by atoms with E-state index in [4.69, 9.17) is 9.47 Å². The molecule has 112 valence electrons. The number of ether oxygens (including phenoxy) is 2. The van der Waals surface area contributed by atoms with Gasteiger partial charge in [0.1, 0.15) is 11.5 Å². The van der Waals surface area contributed by atoms with E-state index in [1.807, 2.05) is 25.2 Å². The lowest BCUT2D eigenvalue weighted by Gasteiger charge is -2.20. The van der Waals surface area contributed by atoms with E-state index in [1.165, 1.54) is 16.7 Å². The van der Waals surface area contributed by atoms with Crippen molar-refractivity contribution in [1.29, 1.82) is 0 Å². The van der Waals surface area contributed by atoms with Gasteiger partial charge in [-0.2, -0.15) is 0 Å². The van der Waals surface area contributed by atoms with Gasteiger partial charge in [-0.25, -0.2) is 0 Å². The van der Waals surface area contributed by atoms with Gasteiger partial charge in [0.25, 0.3) is 0 Å². The molecule has 3 heteroatoms. The van der Waals surface area contributed by atoms with Crippen LogP contribution >= 0.6 is 0 Å². The topological polar surface area (TPSA) is 30.5 Å². The molecule has 0 aliphatic carbocycles. The third kappa shape index (κ3) is 3.76. The van der Waals surface area contributed by atoms with Crippen molar-refractivity contribution in [3.63, 3.8) is 0 Å². The van der Waals surface area contributed by atoms with Crippen molar-refractivity contribution in [3.05, 3.63) is 59.2 Å². The SMILES string of the molecule is CNC(Cc1cccc(OC)c1)c1cc(C)ccc1OC. The minimum absolute atomic E-state index is 0.201. The average molecular weight is 285 g/mol. The predicted octanol–water partition coefficient (Wildman–Crippen LogP) is 3.52. The summed E-state index contributed by atoms with van der Waals surface area (Å²) in [5, 5.41) is 3.39. The van der Waals surface area contributed by atoms with Crippen LogP contribution in [0.1, 0.15) is 22.7 Å². The molecule has 3 nitrogen and oxygen atoms in total. The van der Waals surface area contributed by atoms with E-state index in [2.05, 4.69) is 36.5 Å². The molecule has 1 N–H and O–H groups in total. The van der Waals surface area contributed by atoms with E-state index < -0.39 is 0 Å². The van der Waals surface area contributed by atoms with Gasteiger partial charge in [-0.15, -0.1) is 0 Å². The molecular formula is C18H23NO2. The number of hydrogen-bond acceptors (Lipinski definition) is 3. The summed E-state index contributed by atoms with van der Waals surface area (Å²) >= 11 is 0. The Kier molecular flexibility index (Phi) is 5.23. The van der Waals surface area contributed by atoms with Crippen molar-refractivity contribution in [1.82, 2.24) is 5.32 Å². The van der Waals surface area contributed by atoms with Crippen LogP contribution in [0, 0.1) is 6.92 Å². The van der Waals surface area contributed by atoms with Gasteiger partial charge in [0, 0.05) is 11.6 Å². The maximum absolute atomic E-state index is 5.50. The van der Waals surface area contributed by atoms with Crippen molar-refractivity contribution in [3.8, 4) is 11.5 Å². The summed E-state index contributed by atoms with van der Waals surface area (Å²) in [7, 11) is 5.39. The van der Waals surface area contributed by atoms with Crippen LogP contribution < -0.4 is 14.8 Å². The highest BCUT2D eigenvalue weighted by molar-refractivity contribution is 5.40. The van der Waals surface area contributed by atoms with E-state index in [1.54, 1.807) is 14.2 Å². The minimum Gasteiger partial charge on any atom is -0.497 e. The Morgan fingerprint density at radius 1 is 1.05 bits per heavy atom. The lowest BCUT2D eigenvalue weighted by Crippen LogP contribution is -2.19. The molecule has 0 radical (unpaired) electrons. The summed E-state index contributed by atoms with van der Waals surface area (Å²) in [6, 6.07) is 14.7. The number of rotatable bonds is 6. The van der Waals surface area contributed by atoms with E-state index in [0.717, 1.165) is 17.9 Å². The predicted molar refractivity (Wildman–Crippen MR) is 86.2 cm³/mol. The van der Waals surface area contributed by atoms with E-state index in [-0.39, 0.29) is 6.04 Å². The molecule has 1 atom stereocenters. The Morgan fingerprint density at radius 3 is 2.52 bits per heavy atom. The average Bonchev–Trinajstić information content (AvgIpc) is 2.52. The molecule has 0 heterocycles. The molecule has 0 saturated carbocycles. The quantitative estimate of drug-likeness (QED) is 0.881. The molecule has 2 aromatic carbocycles. The zero-order valence-corrected chi connectivity index (χ0v) is 13.1. The van der Waals surface area contributed by atoms with Crippen LogP contribution in [0.3, 0.4) is 0 Å². The summed E-state index contributed by atoms with van der Waals surface area (Å²) in [6.07, 6.45) is 0.882. The van der Waals surface area contributed by atoms with Gasteiger partial charge in [0.15, 0.2) is 0 Å².